The van der Waals surface area contributed by atoms with Crippen molar-refractivity contribution in [1.29, 1.82) is 0 Å². The Morgan fingerprint density at radius 2 is 1.29 bits per heavy atom. The number of hydrogen-bond donors (Lipinski definition) is 2. The van der Waals surface area contributed by atoms with Gasteiger partial charge in [0.05, 0.1) is 15.5 Å². The van der Waals surface area contributed by atoms with Gasteiger partial charge in [0.1, 0.15) is 0 Å². The molecule has 9 heteroatoms. The van der Waals surface area contributed by atoms with Gasteiger partial charge in [-0.05, 0) is 66.7 Å². The zero-order valence-electron chi connectivity index (χ0n) is 14.1. The average molecular weight is 456 g/mol. The maximum absolute atomic E-state index is 12.5. The smallest absolute Gasteiger partial charge is 0.261 e. The molecule has 28 heavy (non-hydrogen) atoms. The third-order valence-electron chi connectivity index (χ3n) is 3.69. The number of benzene rings is 3. The Balaban J connectivity index is 1.83. The van der Waals surface area contributed by atoms with E-state index in [1.165, 1.54) is 42.5 Å². The lowest BCUT2D eigenvalue weighted by molar-refractivity contribution is 0.102. The Bertz CT molecular complexity index is 1120. The highest BCUT2D eigenvalue weighted by Crippen LogP contribution is 2.25. The van der Waals surface area contributed by atoms with E-state index >= 15 is 0 Å². The van der Waals surface area contributed by atoms with Crippen molar-refractivity contribution in [2.75, 3.05) is 10.0 Å². The van der Waals surface area contributed by atoms with Gasteiger partial charge in [0.2, 0.25) is 0 Å². The van der Waals surface area contributed by atoms with E-state index in [0.717, 1.165) is 0 Å². The molecule has 0 aromatic heterocycles. The summed E-state index contributed by atoms with van der Waals surface area (Å²) in [7, 11) is -3.85. The van der Waals surface area contributed by atoms with E-state index in [-0.39, 0.29) is 21.2 Å². The molecule has 0 saturated carbocycles. The Morgan fingerprint density at radius 1 is 0.750 bits per heavy atom. The van der Waals surface area contributed by atoms with Gasteiger partial charge >= 0.3 is 0 Å². The molecule has 144 valence electrons. The molecule has 2 N–H and O–H groups in total. The fourth-order valence-corrected chi connectivity index (χ4v) is 3.83. The van der Waals surface area contributed by atoms with Crippen molar-refractivity contribution in [1.82, 2.24) is 0 Å². The predicted molar refractivity (Wildman–Crippen MR) is 113 cm³/mol. The first-order valence-electron chi connectivity index (χ1n) is 7.89. The van der Waals surface area contributed by atoms with Crippen molar-refractivity contribution in [3.05, 3.63) is 87.4 Å². The molecular weight excluding hydrogens is 443 g/mol. The minimum absolute atomic E-state index is 0.0408. The molecule has 0 radical (unpaired) electrons. The summed E-state index contributed by atoms with van der Waals surface area (Å²) >= 11 is 17.7. The van der Waals surface area contributed by atoms with E-state index in [4.69, 9.17) is 34.8 Å². The van der Waals surface area contributed by atoms with Crippen LogP contribution < -0.4 is 10.0 Å². The summed E-state index contributed by atoms with van der Waals surface area (Å²) < 4.78 is 27.4. The molecule has 0 saturated heterocycles. The number of halogens is 3. The quantitative estimate of drug-likeness (QED) is 0.518. The number of rotatable bonds is 5. The van der Waals surface area contributed by atoms with E-state index in [1.807, 2.05) is 0 Å². The largest absolute Gasteiger partial charge is 0.322 e. The van der Waals surface area contributed by atoms with Crippen LogP contribution in [0.5, 0.6) is 0 Å². The first kappa shape index (κ1) is 20.5. The summed E-state index contributed by atoms with van der Waals surface area (Å²) in [5, 5.41) is 3.82. The number of nitrogens with one attached hydrogen (secondary N) is 2. The highest BCUT2D eigenvalue weighted by molar-refractivity contribution is 7.92. The molecule has 0 fully saturated rings. The molecule has 3 aromatic rings. The van der Waals surface area contributed by atoms with E-state index in [0.29, 0.717) is 15.7 Å². The predicted octanol–water partition coefficient (Wildman–Crippen LogP) is 5.70. The van der Waals surface area contributed by atoms with Crippen LogP contribution in [0.15, 0.2) is 71.6 Å². The summed E-state index contributed by atoms with van der Waals surface area (Å²) in [4.78, 5) is 12.6. The number of amides is 1. The lowest BCUT2D eigenvalue weighted by Crippen LogP contribution is -2.15. The molecule has 0 aliphatic rings. The Labute approximate surface area is 177 Å². The van der Waals surface area contributed by atoms with Crippen LogP contribution in [-0.4, -0.2) is 14.3 Å². The number of carbonyl (C=O) groups excluding carboxylic acids is 1. The molecule has 5 nitrogen and oxygen atoms in total. The monoisotopic (exact) mass is 454 g/mol. The highest BCUT2D eigenvalue weighted by atomic mass is 35.5. The minimum atomic E-state index is -3.85. The molecule has 0 spiro atoms. The summed E-state index contributed by atoms with van der Waals surface area (Å²) in [6.45, 7) is 0. The van der Waals surface area contributed by atoms with Crippen LogP contribution in [-0.2, 0) is 10.0 Å². The van der Waals surface area contributed by atoms with Crippen molar-refractivity contribution in [3.63, 3.8) is 0 Å². The van der Waals surface area contributed by atoms with Crippen molar-refractivity contribution >= 4 is 62.1 Å². The van der Waals surface area contributed by atoms with E-state index in [1.54, 1.807) is 24.3 Å². The van der Waals surface area contributed by atoms with Gasteiger partial charge in [-0.2, -0.15) is 0 Å². The zero-order chi connectivity index (χ0) is 20.3. The first-order valence-corrected chi connectivity index (χ1v) is 10.5. The molecule has 0 bridgehead atoms. The van der Waals surface area contributed by atoms with Gasteiger partial charge in [0.15, 0.2) is 0 Å². The molecule has 0 heterocycles. The third kappa shape index (κ3) is 4.97. The number of hydrogen-bond acceptors (Lipinski definition) is 3. The second kappa shape index (κ2) is 8.41. The van der Waals surface area contributed by atoms with Gasteiger partial charge in [0, 0.05) is 21.4 Å². The summed E-state index contributed by atoms with van der Waals surface area (Å²) in [5.74, 6) is -0.486. The second-order valence-corrected chi connectivity index (χ2v) is 8.68. The fourth-order valence-electron chi connectivity index (χ4n) is 2.32. The Morgan fingerprint density at radius 3 is 1.89 bits per heavy atom. The van der Waals surface area contributed by atoms with Gasteiger partial charge in [-0.3, -0.25) is 9.52 Å². The van der Waals surface area contributed by atoms with Crippen molar-refractivity contribution in [2.24, 2.45) is 0 Å². The maximum atomic E-state index is 12.5. The van der Waals surface area contributed by atoms with Crippen LogP contribution in [0.2, 0.25) is 15.1 Å². The molecule has 0 atom stereocenters. The van der Waals surface area contributed by atoms with E-state index in [9.17, 15) is 13.2 Å². The van der Waals surface area contributed by atoms with Crippen molar-refractivity contribution < 1.29 is 13.2 Å². The molecule has 1 amide bonds. The average Bonchev–Trinajstić information content (AvgIpc) is 2.65. The molecule has 0 aliphatic carbocycles. The minimum Gasteiger partial charge on any atom is -0.322 e. The molecular formula is C19H13Cl3N2O3S. The van der Waals surface area contributed by atoms with Crippen LogP contribution in [0.1, 0.15) is 10.4 Å². The standard InChI is InChI=1S/C19H13Cl3N2O3S/c20-12-1-5-14(6-2-12)23-19(25)17-11-15(7-10-18(17)22)24-28(26,27)16-8-3-13(21)4-9-16/h1-11,24H,(H,23,25). The zero-order valence-corrected chi connectivity index (χ0v) is 17.2. The number of anilines is 2. The van der Waals surface area contributed by atoms with Gasteiger partial charge in [-0.15, -0.1) is 0 Å². The number of carbonyl (C=O) groups is 1. The Kier molecular flexibility index (Phi) is 6.15. The van der Waals surface area contributed by atoms with E-state index in [2.05, 4.69) is 10.0 Å². The summed E-state index contributed by atoms with van der Waals surface area (Å²) in [6, 6.07) is 16.5. The lowest BCUT2D eigenvalue weighted by atomic mass is 10.2. The Hall–Kier alpha value is -2.25. The molecule has 3 aromatic carbocycles. The van der Waals surface area contributed by atoms with Gasteiger partial charge in [-0.25, -0.2) is 8.42 Å². The van der Waals surface area contributed by atoms with Crippen LogP contribution in [0, 0.1) is 0 Å². The second-order valence-electron chi connectivity index (χ2n) is 5.72. The maximum Gasteiger partial charge on any atom is 0.261 e. The van der Waals surface area contributed by atoms with Crippen molar-refractivity contribution in [2.45, 2.75) is 4.90 Å². The molecule has 0 unspecified atom stereocenters. The van der Waals surface area contributed by atoms with Crippen LogP contribution in [0.4, 0.5) is 11.4 Å². The third-order valence-corrected chi connectivity index (χ3v) is 5.92. The van der Waals surface area contributed by atoms with Crippen LogP contribution >= 0.6 is 34.8 Å². The summed E-state index contributed by atoms with van der Waals surface area (Å²) in [5.41, 5.74) is 0.839. The van der Waals surface area contributed by atoms with Crippen molar-refractivity contribution in [3.8, 4) is 0 Å². The summed E-state index contributed by atoms with van der Waals surface area (Å²) in [6.07, 6.45) is 0. The first-order chi connectivity index (χ1) is 13.2. The van der Waals surface area contributed by atoms with Crippen LogP contribution in [0.3, 0.4) is 0 Å². The van der Waals surface area contributed by atoms with Gasteiger partial charge in [0.25, 0.3) is 15.9 Å². The number of sulfonamides is 1. The lowest BCUT2D eigenvalue weighted by Gasteiger charge is -2.11. The van der Waals surface area contributed by atoms with Gasteiger partial charge in [-0.1, -0.05) is 34.8 Å². The topological polar surface area (TPSA) is 75.3 Å². The highest BCUT2D eigenvalue weighted by Gasteiger charge is 2.17. The SMILES string of the molecule is O=C(Nc1ccc(Cl)cc1)c1cc(NS(=O)(=O)c2ccc(Cl)cc2)ccc1Cl. The fraction of sp³-hybridized carbons (Fsp3) is 0. The molecule has 3 rings (SSSR count). The van der Waals surface area contributed by atoms with E-state index < -0.39 is 15.9 Å². The van der Waals surface area contributed by atoms with Gasteiger partial charge < -0.3 is 5.32 Å². The molecule has 0 aliphatic heterocycles. The normalized spacial score (nSPS) is 11.1. The van der Waals surface area contributed by atoms with Crippen LogP contribution in [0.25, 0.3) is 0 Å².